The number of esters is 1. The van der Waals surface area contributed by atoms with E-state index in [1.807, 2.05) is 6.92 Å². The SMILES string of the molecule is CCOC(=O)C1CCCN(C(=O)c2cc(Cl)c(OCC)c(OC)c2)C1. The Kier molecular flexibility index (Phi) is 6.93. The van der Waals surface area contributed by atoms with Crippen molar-refractivity contribution in [2.75, 3.05) is 33.4 Å². The first kappa shape index (κ1) is 19.4. The van der Waals surface area contributed by atoms with Crippen LogP contribution in [0.15, 0.2) is 12.1 Å². The highest BCUT2D eigenvalue weighted by Crippen LogP contribution is 2.37. The van der Waals surface area contributed by atoms with Gasteiger partial charge >= 0.3 is 5.97 Å². The molecule has 1 aromatic carbocycles. The molecule has 2 rings (SSSR count). The molecular weight excluding hydrogens is 346 g/mol. The highest BCUT2D eigenvalue weighted by molar-refractivity contribution is 6.32. The molecule has 25 heavy (non-hydrogen) atoms. The molecule has 1 unspecified atom stereocenters. The third-order valence-corrected chi connectivity index (χ3v) is 4.37. The van der Waals surface area contributed by atoms with E-state index in [9.17, 15) is 9.59 Å². The summed E-state index contributed by atoms with van der Waals surface area (Å²) in [6.07, 6.45) is 1.49. The molecular formula is C18H24ClNO5. The predicted molar refractivity (Wildman–Crippen MR) is 94.4 cm³/mol. The highest BCUT2D eigenvalue weighted by Gasteiger charge is 2.30. The summed E-state index contributed by atoms with van der Waals surface area (Å²) in [6.45, 7) is 5.36. The van der Waals surface area contributed by atoms with E-state index >= 15 is 0 Å². The number of carbonyl (C=O) groups excluding carboxylic acids is 2. The topological polar surface area (TPSA) is 65.1 Å². The molecule has 0 N–H and O–H groups in total. The summed E-state index contributed by atoms with van der Waals surface area (Å²) in [5, 5.41) is 0.323. The maximum atomic E-state index is 12.8. The molecule has 1 heterocycles. The average molecular weight is 370 g/mol. The Labute approximate surface area is 153 Å². The normalized spacial score (nSPS) is 17.1. The quantitative estimate of drug-likeness (QED) is 0.720. The molecule has 0 radical (unpaired) electrons. The number of amides is 1. The number of rotatable bonds is 6. The minimum atomic E-state index is -0.280. The van der Waals surface area contributed by atoms with Crippen LogP contribution >= 0.6 is 11.6 Å². The molecule has 1 aromatic rings. The van der Waals surface area contributed by atoms with Crippen LogP contribution in [0.1, 0.15) is 37.0 Å². The van der Waals surface area contributed by atoms with Crippen LogP contribution in [0, 0.1) is 5.92 Å². The Morgan fingerprint density at radius 3 is 2.68 bits per heavy atom. The number of nitrogens with zero attached hydrogens (tertiary/aromatic N) is 1. The van der Waals surface area contributed by atoms with E-state index in [4.69, 9.17) is 25.8 Å². The lowest BCUT2D eigenvalue weighted by Crippen LogP contribution is -2.42. The van der Waals surface area contributed by atoms with Crippen LogP contribution in [-0.4, -0.2) is 50.2 Å². The Morgan fingerprint density at radius 1 is 1.28 bits per heavy atom. The molecule has 1 saturated heterocycles. The van der Waals surface area contributed by atoms with Crippen molar-refractivity contribution in [3.05, 3.63) is 22.7 Å². The zero-order valence-electron chi connectivity index (χ0n) is 14.8. The number of likely N-dealkylation sites (tertiary alicyclic amines) is 1. The number of methoxy groups -OCH3 is 1. The summed E-state index contributed by atoms with van der Waals surface area (Å²) in [7, 11) is 1.50. The van der Waals surface area contributed by atoms with Crippen LogP contribution in [0.5, 0.6) is 11.5 Å². The first-order valence-electron chi connectivity index (χ1n) is 8.48. The Balaban J connectivity index is 2.19. The van der Waals surface area contributed by atoms with E-state index in [2.05, 4.69) is 0 Å². The molecule has 1 amide bonds. The van der Waals surface area contributed by atoms with Gasteiger partial charge in [-0.25, -0.2) is 0 Å². The summed E-state index contributed by atoms with van der Waals surface area (Å²) in [5.41, 5.74) is 0.412. The van der Waals surface area contributed by atoms with Gasteiger partial charge in [0.05, 0.1) is 31.3 Å². The van der Waals surface area contributed by atoms with Crippen LogP contribution in [0.25, 0.3) is 0 Å². The number of piperidine rings is 1. The van der Waals surface area contributed by atoms with Crippen molar-refractivity contribution in [2.45, 2.75) is 26.7 Å². The van der Waals surface area contributed by atoms with E-state index in [0.717, 1.165) is 12.8 Å². The van der Waals surface area contributed by atoms with Crippen molar-refractivity contribution < 1.29 is 23.8 Å². The van der Waals surface area contributed by atoms with Gasteiger partial charge in [0.1, 0.15) is 0 Å². The van der Waals surface area contributed by atoms with E-state index < -0.39 is 0 Å². The molecule has 0 saturated carbocycles. The highest BCUT2D eigenvalue weighted by atomic mass is 35.5. The summed E-state index contributed by atoms with van der Waals surface area (Å²) in [4.78, 5) is 26.5. The predicted octanol–water partition coefficient (Wildman–Crippen LogP) is 3.16. The molecule has 138 valence electrons. The monoisotopic (exact) mass is 369 g/mol. The van der Waals surface area contributed by atoms with Gasteiger partial charge in [-0.2, -0.15) is 0 Å². The molecule has 7 heteroatoms. The van der Waals surface area contributed by atoms with Gasteiger partial charge < -0.3 is 19.1 Å². The fourth-order valence-corrected chi connectivity index (χ4v) is 3.19. The summed E-state index contributed by atoms with van der Waals surface area (Å²) in [5.74, 6) is 0.125. The first-order chi connectivity index (χ1) is 12.0. The van der Waals surface area contributed by atoms with Crippen LogP contribution < -0.4 is 9.47 Å². The number of hydrogen-bond acceptors (Lipinski definition) is 5. The number of carbonyl (C=O) groups is 2. The van der Waals surface area contributed by atoms with Gasteiger partial charge in [0.2, 0.25) is 0 Å². The Bertz CT molecular complexity index is 634. The van der Waals surface area contributed by atoms with Crippen molar-refractivity contribution in [1.82, 2.24) is 4.90 Å². The van der Waals surface area contributed by atoms with Crippen molar-refractivity contribution in [3.8, 4) is 11.5 Å². The standard InChI is InChI=1S/C18H24ClNO5/c1-4-24-16-14(19)9-13(10-15(16)23-3)17(21)20-8-6-7-12(11-20)18(22)25-5-2/h9-10,12H,4-8,11H2,1-3H3. The van der Waals surface area contributed by atoms with Gasteiger partial charge in [0.25, 0.3) is 5.91 Å². The zero-order chi connectivity index (χ0) is 18.4. The number of hydrogen-bond donors (Lipinski definition) is 0. The second-order valence-electron chi connectivity index (χ2n) is 5.76. The summed E-state index contributed by atoms with van der Waals surface area (Å²) in [6, 6.07) is 3.19. The zero-order valence-corrected chi connectivity index (χ0v) is 15.6. The molecule has 0 aliphatic carbocycles. The number of halogens is 1. The number of ether oxygens (including phenoxy) is 3. The minimum absolute atomic E-state index is 0.183. The van der Waals surface area contributed by atoms with Crippen LogP contribution in [0.4, 0.5) is 0 Å². The summed E-state index contributed by atoms with van der Waals surface area (Å²) >= 11 is 6.25. The van der Waals surface area contributed by atoms with Gasteiger partial charge in [-0.05, 0) is 38.8 Å². The second kappa shape index (κ2) is 8.94. The maximum Gasteiger partial charge on any atom is 0.310 e. The van der Waals surface area contributed by atoms with Crippen molar-refractivity contribution in [1.29, 1.82) is 0 Å². The molecule has 1 aliphatic heterocycles. The van der Waals surface area contributed by atoms with Crippen LogP contribution in [0.2, 0.25) is 5.02 Å². The Morgan fingerprint density at radius 2 is 2.04 bits per heavy atom. The lowest BCUT2D eigenvalue weighted by atomic mass is 9.97. The third kappa shape index (κ3) is 4.57. The second-order valence-corrected chi connectivity index (χ2v) is 6.17. The van der Waals surface area contributed by atoms with Crippen molar-refractivity contribution >= 4 is 23.5 Å². The van der Waals surface area contributed by atoms with Gasteiger partial charge in [0, 0.05) is 18.7 Å². The first-order valence-corrected chi connectivity index (χ1v) is 8.85. The summed E-state index contributed by atoms with van der Waals surface area (Å²) < 4.78 is 15.8. The van der Waals surface area contributed by atoms with Crippen LogP contribution in [-0.2, 0) is 9.53 Å². The smallest absolute Gasteiger partial charge is 0.310 e. The number of benzene rings is 1. The fourth-order valence-electron chi connectivity index (χ4n) is 2.92. The lowest BCUT2D eigenvalue weighted by molar-refractivity contribution is -0.149. The van der Waals surface area contributed by atoms with E-state index in [-0.39, 0.29) is 17.8 Å². The van der Waals surface area contributed by atoms with E-state index in [0.29, 0.717) is 48.4 Å². The van der Waals surface area contributed by atoms with Gasteiger partial charge in [-0.15, -0.1) is 0 Å². The van der Waals surface area contributed by atoms with Crippen molar-refractivity contribution in [2.24, 2.45) is 5.92 Å². The molecule has 1 aliphatic rings. The van der Waals surface area contributed by atoms with Gasteiger partial charge in [-0.1, -0.05) is 11.6 Å². The maximum absolute atomic E-state index is 12.8. The minimum Gasteiger partial charge on any atom is -0.493 e. The lowest BCUT2D eigenvalue weighted by Gasteiger charge is -2.31. The Hall–Kier alpha value is -1.95. The third-order valence-electron chi connectivity index (χ3n) is 4.09. The molecule has 0 bridgehead atoms. The molecule has 0 spiro atoms. The molecule has 6 nitrogen and oxygen atoms in total. The van der Waals surface area contributed by atoms with E-state index in [1.165, 1.54) is 7.11 Å². The van der Waals surface area contributed by atoms with E-state index in [1.54, 1.807) is 24.0 Å². The van der Waals surface area contributed by atoms with Gasteiger partial charge in [-0.3, -0.25) is 9.59 Å². The fraction of sp³-hybridized carbons (Fsp3) is 0.556. The van der Waals surface area contributed by atoms with Crippen molar-refractivity contribution in [3.63, 3.8) is 0 Å². The molecule has 0 aromatic heterocycles. The largest absolute Gasteiger partial charge is 0.493 e. The molecule has 1 atom stereocenters. The molecule has 1 fully saturated rings. The van der Waals surface area contributed by atoms with Gasteiger partial charge in [0.15, 0.2) is 11.5 Å². The average Bonchev–Trinajstić information content (AvgIpc) is 2.63. The van der Waals surface area contributed by atoms with Crippen LogP contribution in [0.3, 0.4) is 0 Å².